The Kier molecular flexibility index (Phi) is 4.39. The van der Waals surface area contributed by atoms with Gasteiger partial charge in [0, 0.05) is 26.9 Å². The molecule has 104 valence electrons. The van der Waals surface area contributed by atoms with Crippen LogP contribution in [0.5, 0.6) is 0 Å². The molecule has 1 aromatic carbocycles. The van der Waals surface area contributed by atoms with Gasteiger partial charge in [0.2, 0.25) is 5.82 Å². The van der Waals surface area contributed by atoms with Gasteiger partial charge in [0.05, 0.1) is 4.92 Å². The molecule has 1 N–H and O–H groups in total. The minimum atomic E-state index is -0.460. The summed E-state index contributed by atoms with van der Waals surface area (Å²) in [6.07, 6.45) is 1.52. The van der Waals surface area contributed by atoms with E-state index in [4.69, 9.17) is 0 Å². The van der Waals surface area contributed by atoms with Crippen LogP contribution in [0, 0.1) is 24.0 Å². The minimum Gasteiger partial charge on any atom is -0.334 e. The van der Waals surface area contributed by atoms with Crippen LogP contribution in [-0.2, 0) is 0 Å². The number of benzene rings is 1. The van der Waals surface area contributed by atoms with Crippen molar-refractivity contribution in [1.29, 1.82) is 0 Å². The van der Waals surface area contributed by atoms with Crippen LogP contribution < -0.4 is 5.32 Å². The average molecular weight is 401 g/mol. The highest BCUT2D eigenvalue weighted by atomic mass is 79.9. The van der Waals surface area contributed by atoms with Crippen LogP contribution in [0.25, 0.3) is 0 Å². The van der Waals surface area contributed by atoms with Crippen molar-refractivity contribution in [2.24, 2.45) is 0 Å². The number of aromatic nitrogens is 1. The smallest absolute Gasteiger partial charge is 0.312 e. The molecule has 0 saturated heterocycles. The molecule has 0 aliphatic rings. The summed E-state index contributed by atoms with van der Waals surface area (Å²) in [5.41, 5.74) is 2.79. The normalized spacial score (nSPS) is 10.4. The lowest BCUT2D eigenvalue weighted by atomic mass is 10.1. The number of pyridine rings is 1. The molecule has 5 nitrogen and oxygen atoms in total. The maximum atomic E-state index is 11.0. The van der Waals surface area contributed by atoms with Gasteiger partial charge in [-0.2, -0.15) is 0 Å². The lowest BCUT2D eigenvalue weighted by molar-refractivity contribution is -0.384. The van der Waals surface area contributed by atoms with Crippen molar-refractivity contribution in [3.05, 3.63) is 54.6 Å². The molecule has 0 fully saturated rings. The summed E-state index contributed by atoms with van der Waals surface area (Å²) >= 11 is 6.67. The highest BCUT2D eigenvalue weighted by Gasteiger charge is 2.16. The van der Waals surface area contributed by atoms with E-state index >= 15 is 0 Å². The fraction of sp³-hybridized carbons (Fsp3) is 0.154. The molecule has 0 aliphatic carbocycles. The summed E-state index contributed by atoms with van der Waals surface area (Å²) in [5.74, 6) is 0.222. The van der Waals surface area contributed by atoms with Crippen molar-refractivity contribution in [3.8, 4) is 0 Å². The first-order chi connectivity index (χ1) is 9.38. The zero-order valence-electron chi connectivity index (χ0n) is 10.8. The first-order valence-corrected chi connectivity index (χ1v) is 7.31. The highest BCUT2D eigenvalue weighted by molar-refractivity contribution is 9.10. The van der Waals surface area contributed by atoms with E-state index in [1.165, 1.54) is 12.3 Å². The molecule has 2 rings (SSSR count). The zero-order chi connectivity index (χ0) is 14.9. The van der Waals surface area contributed by atoms with Crippen LogP contribution in [0.15, 0.2) is 33.3 Å². The Balaban J connectivity index is 2.42. The summed E-state index contributed by atoms with van der Waals surface area (Å²) in [4.78, 5) is 14.7. The number of hydrogen-bond acceptors (Lipinski definition) is 4. The molecule has 0 aliphatic heterocycles. The molecular weight excluding hydrogens is 390 g/mol. The lowest BCUT2D eigenvalue weighted by Crippen LogP contribution is -2.00. The van der Waals surface area contributed by atoms with Gasteiger partial charge in [-0.1, -0.05) is 15.9 Å². The van der Waals surface area contributed by atoms with Crippen LogP contribution in [0.2, 0.25) is 0 Å². The number of halogens is 2. The van der Waals surface area contributed by atoms with Crippen molar-refractivity contribution in [3.63, 3.8) is 0 Å². The lowest BCUT2D eigenvalue weighted by Gasteiger charge is -2.10. The van der Waals surface area contributed by atoms with E-state index in [-0.39, 0.29) is 11.5 Å². The highest BCUT2D eigenvalue weighted by Crippen LogP contribution is 2.30. The molecule has 0 radical (unpaired) electrons. The molecule has 1 heterocycles. The summed E-state index contributed by atoms with van der Waals surface area (Å²) < 4.78 is 1.60. The maximum absolute atomic E-state index is 11.0. The molecule has 0 bridgehead atoms. The van der Waals surface area contributed by atoms with E-state index in [2.05, 4.69) is 42.2 Å². The van der Waals surface area contributed by atoms with E-state index in [1.54, 1.807) is 0 Å². The third kappa shape index (κ3) is 3.16. The monoisotopic (exact) mass is 399 g/mol. The van der Waals surface area contributed by atoms with E-state index in [1.807, 2.05) is 26.0 Å². The Labute approximate surface area is 132 Å². The van der Waals surface area contributed by atoms with Crippen LogP contribution in [0.4, 0.5) is 17.2 Å². The number of nitrogens with one attached hydrogen (secondary N) is 1. The minimum absolute atomic E-state index is 0.0717. The fourth-order valence-corrected chi connectivity index (χ4v) is 2.37. The second kappa shape index (κ2) is 5.88. The first-order valence-electron chi connectivity index (χ1n) is 5.72. The second-order valence-corrected chi connectivity index (χ2v) is 6.04. The summed E-state index contributed by atoms with van der Waals surface area (Å²) in [5, 5.41) is 14.0. The largest absolute Gasteiger partial charge is 0.334 e. The van der Waals surface area contributed by atoms with E-state index in [9.17, 15) is 10.1 Å². The third-order valence-corrected chi connectivity index (χ3v) is 4.41. The molecule has 20 heavy (non-hydrogen) atoms. The Morgan fingerprint density at radius 2 is 1.80 bits per heavy atom. The number of nitro groups is 1. The van der Waals surface area contributed by atoms with Crippen molar-refractivity contribution >= 4 is 49.1 Å². The molecule has 7 heteroatoms. The molecular formula is C13H11Br2N3O2. The first kappa shape index (κ1) is 14.9. The summed E-state index contributed by atoms with van der Waals surface area (Å²) in [7, 11) is 0. The number of nitrogens with zero attached hydrogens (tertiary/aromatic N) is 2. The zero-order valence-corrected chi connectivity index (χ0v) is 13.9. The maximum Gasteiger partial charge on any atom is 0.312 e. The van der Waals surface area contributed by atoms with Gasteiger partial charge in [-0.15, -0.1) is 0 Å². The SMILES string of the molecule is Cc1cc(Nc2ncc(Br)cc2[N+](=O)[O-])cc(C)c1Br. The predicted molar refractivity (Wildman–Crippen MR) is 85.5 cm³/mol. The van der Waals surface area contributed by atoms with E-state index in [0.717, 1.165) is 21.3 Å². The molecule has 0 spiro atoms. The average Bonchev–Trinajstić information content (AvgIpc) is 2.37. The molecule has 0 saturated carbocycles. The molecule has 0 amide bonds. The van der Waals surface area contributed by atoms with Gasteiger partial charge in [-0.3, -0.25) is 10.1 Å². The fourth-order valence-electron chi connectivity index (χ4n) is 1.82. The van der Waals surface area contributed by atoms with Gasteiger partial charge in [0.1, 0.15) is 0 Å². The number of anilines is 2. The molecule has 0 atom stereocenters. The van der Waals surface area contributed by atoms with Crippen LogP contribution in [0.3, 0.4) is 0 Å². The summed E-state index contributed by atoms with van der Waals surface area (Å²) in [6, 6.07) is 5.24. The number of rotatable bonds is 3. The Morgan fingerprint density at radius 3 is 2.35 bits per heavy atom. The van der Waals surface area contributed by atoms with Gasteiger partial charge in [-0.25, -0.2) is 4.98 Å². The number of hydrogen-bond donors (Lipinski definition) is 1. The Morgan fingerprint density at radius 1 is 1.20 bits per heavy atom. The van der Waals surface area contributed by atoms with Gasteiger partial charge in [0.25, 0.3) is 0 Å². The van der Waals surface area contributed by atoms with E-state index in [0.29, 0.717) is 4.47 Å². The second-order valence-electron chi connectivity index (χ2n) is 4.33. The third-order valence-electron chi connectivity index (χ3n) is 2.73. The van der Waals surface area contributed by atoms with E-state index < -0.39 is 4.92 Å². The van der Waals surface area contributed by atoms with Crippen LogP contribution >= 0.6 is 31.9 Å². The molecule has 2 aromatic rings. The Hall–Kier alpha value is -1.47. The van der Waals surface area contributed by atoms with Crippen molar-refractivity contribution < 1.29 is 4.92 Å². The topological polar surface area (TPSA) is 68.1 Å². The quantitative estimate of drug-likeness (QED) is 0.589. The summed E-state index contributed by atoms with van der Waals surface area (Å²) in [6.45, 7) is 3.93. The van der Waals surface area contributed by atoms with Crippen LogP contribution in [-0.4, -0.2) is 9.91 Å². The predicted octanol–water partition coefficient (Wildman–Crippen LogP) is 4.88. The van der Waals surface area contributed by atoms with Crippen molar-refractivity contribution in [2.75, 3.05) is 5.32 Å². The van der Waals surface area contributed by atoms with Gasteiger partial charge in [-0.05, 0) is 53.0 Å². The molecule has 0 unspecified atom stereocenters. The van der Waals surface area contributed by atoms with Crippen LogP contribution in [0.1, 0.15) is 11.1 Å². The van der Waals surface area contributed by atoms with Gasteiger partial charge in [0.15, 0.2) is 0 Å². The standard InChI is InChI=1S/C13H11Br2N3O2/c1-7-3-10(4-8(2)12(7)15)17-13-11(18(19)20)5-9(14)6-16-13/h3-6H,1-2H3,(H,16,17). The van der Waals surface area contributed by atoms with Crippen molar-refractivity contribution in [1.82, 2.24) is 4.98 Å². The molecule has 1 aromatic heterocycles. The Bertz CT molecular complexity index is 666. The van der Waals surface area contributed by atoms with Crippen molar-refractivity contribution in [2.45, 2.75) is 13.8 Å². The number of aryl methyl sites for hydroxylation is 2. The van der Waals surface area contributed by atoms with Gasteiger partial charge >= 0.3 is 5.69 Å². The van der Waals surface area contributed by atoms with Gasteiger partial charge < -0.3 is 5.32 Å².